The van der Waals surface area contributed by atoms with Gasteiger partial charge in [-0.2, -0.15) is 11.8 Å². The number of hydrogen-bond donors (Lipinski definition) is 2. The van der Waals surface area contributed by atoms with Gasteiger partial charge in [0.25, 0.3) is 0 Å². The van der Waals surface area contributed by atoms with Gasteiger partial charge in [0.1, 0.15) is 0 Å². The molecule has 2 fully saturated rings. The molecule has 2 nitrogen and oxygen atoms in total. The fraction of sp³-hybridized carbons (Fsp3) is 0.750. The molecule has 2 saturated heterocycles. The predicted molar refractivity (Wildman–Crippen MR) is 49.5 cm³/mol. The van der Waals surface area contributed by atoms with Crippen LogP contribution in [0.1, 0.15) is 13.3 Å². The van der Waals surface area contributed by atoms with Gasteiger partial charge in [0.05, 0.1) is 17.9 Å². The van der Waals surface area contributed by atoms with Gasteiger partial charge < -0.3 is 10.6 Å². The van der Waals surface area contributed by atoms with Crippen LogP contribution in [0.25, 0.3) is 0 Å². The highest BCUT2D eigenvalue weighted by atomic mass is 32.2. The first-order valence-electron chi connectivity index (χ1n) is 4.15. The minimum atomic E-state index is 0.637. The lowest BCUT2D eigenvalue weighted by Gasteiger charge is -2.14. The molecule has 2 N–H and O–H groups in total. The van der Waals surface area contributed by atoms with Crippen molar-refractivity contribution in [2.24, 2.45) is 0 Å². The zero-order chi connectivity index (χ0) is 7.84. The molecule has 0 amide bonds. The van der Waals surface area contributed by atoms with Crippen molar-refractivity contribution in [1.29, 1.82) is 0 Å². The van der Waals surface area contributed by atoms with Crippen molar-refractivity contribution in [3.05, 3.63) is 12.4 Å². The van der Waals surface area contributed by atoms with Crippen LogP contribution >= 0.6 is 11.8 Å². The molecule has 2 heterocycles. The van der Waals surface area contributed by atoms with Gasteiger partial charge in [-0.15, -0.1) is 0 Å². The number of fused-ring (bicyclic) bond motifs is 1. The van der Waals surface area contributed by atoms with Crippen molar-refractivity contribution in [3.63, 3.8) is 0 Å². The number of nitrogens with one attached hydrogen (secondary N) is 2. The smallest absolute Gasteiger partial charge is 0.0918 e. The lowest BCUT2D eigenvalue weighted by molar-refractivity contribution is 0.544. The molecule has 0 spiro atoms. The van der Waals surface area contributed by atoms with Gasteiger partial charge in [0, 0.05) is 11.0 Å². The molecule has 0 saturated carbocycles. The Balaban J connectivity index is 2.07. The van der Waals surface area contributed by atoms with Gasteiger partial charge in [0.15, 0.2) is 0 Å². The lowest BCUT2D eigenvalue weighted by atomic mass is 10.1. The molecule has 0 bridgehead atoms. The third-order valence-corrected chi connectivity index (χ3v) is 4.03. The SMILES string of the molecule is C=C1N[C@H]2[C@H](CS[C@H]2CC)N1. The molecule has 0 aromatic rings. The summed E-state index contributed by atoms with van der Waals surface area (Å²) in [5.41, 5.74) is 0. The minimum Gasteiger partial charge on any atom is -0.367 e. The van der Waals surface area contributed by atoms with Crippen LogP contribution in [0.3, 0.4) is 0 Å². The van der Waals surface area contributed by atoms with E-state index in [-0.39, 0.29) is 0 Å². The van der Waals surface area contributed by atoms with Gasteiger partial charge in [-0.25, -0.2) is 0 Å². The summed E-state index contributed by atoms with van der Waals surface area (Å²) in [6.07, 6.45) is 1.26. The second-order valence-corrected chi connectivity index (χ2v) is 4.45. The van der Waals surface area contributed by atoms with Gasteiger partial charge in [-0.3, -0.25) is 0 Å². The van der Waals surface area contributed by atoms with E-state index in [4.69, 9.17) is 0 Å². The maximum atomic E-state index is 3.87. The van der Waals surface area contributed by atoms with Crippen LogP contribution < -0.4 is 10.6 Å². The summed E-state index contributed by atoms with van der Waals surface area (Å²) in [6.45, 7) is 6.13. The van der Waals surface area contributed by atoms with Crippen LogP contribution in [-0.2, 0) is 0 Å². The molecule has 3 heteroatoms. The molecular weight excluding hydrogens is 156 g/mol. The van der Waals surface area contributed by atoms with Gasteiger partial charge in [-0.1, -0.05) is 13.5 Å². The monoisotopic (exact) mass is 170 g/mol. The summed E-state index contributed by atoms with van der Waals surface area (Å²) >= 11 is 2.07. The zero-order valence-electron chi connectivity index (χ0n) is 6.76. The Morgan fingerprint density at radius 2 is 2.45 bits per heavy atom. The minimum absolute atomic E-state index is 0.637. The fourth-order valence-corrected chi connectivity index (χ4v) is 3.30. The van der Waals surface area contributed by atoms with E-state index in [1.807, 2.05) is 0 Å². The quantitative estimate of drug-likeness (QED) is 0.612. The van der Waals surface area contributed by atoms with E-state index in [9.17, 15) is 0 Å². The van der Waals surface area contributed by atoms with E-state index in [0.717, 1.165) is 11.1 Å². The summed E-state index contributed by atoms with van der Waals surface area (Å²) in [4.78, 5) is 0. The molecule has 2 aliphatic rings. The number of thioether (sulfide) groups is 1. The summed E-state index contributed by atoms with van der Waals surface area (Å²) in [6, 6.07) is 1.27. The largest absolute Gasteiger partial charge is 0.367 e. The third-order valence-electron chi connectivity index (χ3n) is 2.43. The Morgan fingerprint density at radius 1 is 1.64 bits per heavy atom. The molecule has 2 aliphatic heterocycles. The highest BCUT2D eigenvalue weighted by Gasteiger charge is 2.39. The highest BCUT2D eigenvalue weighted by molar-refractivity contribution is 8.00. The third kappa shape index (κ3) is 1.11. The Kier molecular flexibility index (Phi) is 1.75. The molecule has 0 unspecified atom stereocenters. The highest BCUT2D eigenvalue weighted by Crippen LogP contribution is 2.32. The van der Waals surface area contributed by atoms with E-state index >= 15 is 0 Å². The van der Waals surface area contributed by atoms with Crippen LogP contribution in [0, 0.1) is 0 Å². The molecular formula is C8H14N2S. The Labute approximate surface area is 71.8 Å². The van der Waals surface area contributed by atoms with Crippen molar-refractivity contribution in [2.75, 3.05) is 5.75 Å². The average molecular weight is 170 g/mol. The van der Waals surface area contributed by atoms with E-state index in [1.165, 1.54) is 12.2 Å². The first-order chi connectivity index (χ1) is 5.31. The molecule has 2 rings (SSSR count). The van der Waals surface area contributed by atoms with Crippen LogP contribution in [0.4, 0.5) is 0 Å². The maximum Gasteiger partial charge on any atom is 0.0918 e. The molecule has 0 radical (unpaired) electrons. The van der Waals surface area contributed by atoms with Crippen molar-refractivity contribution in [2.45, 2.75) is 30.7 Å². The topological polar surface area (TPSA) is 24.1 Å². The second kappa shape index (κ2) is 2.63. The first-order valence-corrected chi connectivity index (χ1v) is 5.19. The Morgan fingerprint density at radius 3 is 3.18 bits per heavy atom. The fourth-order valence-electron chi connectivity index (χ4n) is 1.86. The Bertz CT molecular complexity index is 181. The van der Waals surface area contributed by atoms with Crippen LogP contribution in [0.5, 0.6) is 0 Å². The van der Waals surface area contributed by atoms with Crippen LogP contribution in [-0.4, -0.2) is 23.1 Å². The summed E-state index contributed by atoms with van der Waals surface area (Å²) in [5.74, 6) is 2.24. The summed E-state index contributed by atoms with van der Waals surface area (Å²) in [7, 11) is 0. The lowest BCUT2D eigenvalue weighted by Crippen LogP contribution is -2.36. The van der Waals surface area contributed by atoms with Gasteiger partial charge in [-0.05, 0) is 6.42 Å². The number of hydrogen-bond acceptors (Lipinski definition) is 3. The van der Waals surface area contributed by atoms with E-state index in [1.54, 1.807) is 0 Å². The van der Waals surface area contributed by atoms with Crippen molar-refractivity contribution in [1.82, 2.24) is 10.6 Å². The van der Waals surface area contributed by atoms with Gasteiger partial charge in [0.2, 0.25) is 0 Å². The average Bonchev–Trinajstić information content (AvgIpc) is 2.45. The molecule has 11 heavy (non-hydrogen) atoms. The normalized spacial score (nSPS) is 41.5. The van der Waals surface area contributed by atoms with E-state index in [2.05, 4.69) is 35.9 Å². The van der Waals surface area contributed by atoms with Crippen molar-refractivity contribution in [3.8, 4) is 0 Å². The standard InChI is InChI=1S/C8H14N2S/c1-3-7-8-6(4-11-7)9-5(2)10-8/h6-10H,2-4H2,1H3/t6-,7-,8-/m0/s1. The zero-order valence-corrected chi connectivity index (χ0v) is 7.58. The first kappa shape index (κ1) is 7.35. The van der Waals surface area contributed by atoms with E-state index in [0.29, 0.717) is 12.1 Å². The summed E-state index contributed by atoms with van der Waals surface area (Å²) < 4.78 is 0. The molecule has 62 valence electrons. The van der Waals surface area contributed by atoms with Crippen molar-refractivity contribution < 1.29 is 0 Å². The van der Waals surface area contributed by atoms with Gasteiger partial charge >= 0.3 is 0 Å². The molecule has 0 aliphatic carbocycles. The summed E-state index contributed by atoms with van der Waals surface area (Å²) in [5, 5.41) is 7.53. The van der Waals surface area contributed by atoms with E-state index < -0.39 is 0 Å². The maximum absolute atomic E-state index is 3.87. The number of rotatable bonds is 1. The van der Waals surface area contributed by atoms with Crippen molar-refractivity contribution >= 4 is 11.8 Å². The van der Waals surface area contributed by atoms with Crippen LogP contribution in [0.2, 0.25) is 0 Å². The molecule has 3 atom stereocenters. The Hall–Kier alpha value is -0.310. The van der Waals surface area contributed by atoms with Crippen LogP contribution in [0.15, 0.2) is 12.4 Å². The molecule has 0 aromatic carbocycles. The predicted octanol–water partition coefficient (Wildman–Crippen LogP) is 0.913. The second-order valence-electron chi connectivity index (χ2n) is 3.18. The molecule has 0 aromatic heterocycles.